The molecule has 0 aliphatic heterocycles. The third-order valence-electron chi connectivity index (χ3n) is 4.26. The van der Waals surface area contributed by atoms with E-state index in [0.717, 1.165) is 14.2 Å². The molecule has 34 heteroatoms. The number of carboxylic acids is 1. The maximum Gasteiger partial charge on any atom is 1.00 e. The van der Waals surface area contributed by atoms with Crippen molar-refractivity contribution in [1.29, 1.82) is 0 Å². The molecule has 48 heavy (non-hydrogen) atoms. The first-order valence-electron chi connectivity index (χ1n) is 9.39. The maximum atomic E-state index is 14.3. The van der Waals surface area contributed by atoms with Crippen LogP contribution in [0.4, 0.5) is 114 Å². The molecule has 0 amide bonds. The second-order valence-corrected chi connectivity index (χ2v) is 8.11. The average molecular weight is 817 g/mol. The van der Waals surface area contributed by atoms with Crippen molar-refractivity contribution in [2.45, 2.75) is 77.9 Å². The fourth-order valence-electron chi connectivity index (χ4n) is 2.07. The zero-order valence-corrected chi connectivity index (χ0v) is 23.4. The smallest absolute Gasteiger partial charge is 0.542 e. The van der Waals surface area contributed by atoms with Gasteiger partial charge in [0.05, 0.1) is 0 Å². The molecule has 0 aromatic rings. The monoisotopic (exact) mass is 816 g/mol. The number of ether oxygens (including phenoxy) is 4. The molecule has 0 bridgehead atoms. The molecule has 0 rings (SSSR count). The molecule has 0 aromatic carbocycles. The van der Waals surface area contributed by atoms with Crippen LogP contribution >= 0.6 is 11.6 Å². The number of alkyl halides is 27. The molecule has 0 heterocycles. The molecule has 0 radical (unpaired) electrons. The van der Waals surface area contributed by atoms with Gasteiger partial charge < -0.3 is 9.90 Å². The van der Waals surface area contributed by atoms with Gasteiger partial charge in [0.1, 0.15) is 5.97 Å². The zero-order valence-electron chi connectivity index (χ0n) is 20.7. The number of hydrogen-bond acceptors (Lipinski definition) is 6. The Morgan fingerprint density at radius 1 is 0.396 bits per heavy atom. The van der Waals surface area contributed by atoms with E-state index in [-0.39, 0.29) is 29.6 Å². The van der Waals surface area contributed by atoms with Crippen LogP contribution in [0.3, 0.4) is 0 Å². The summed E-state index contributed by atoms with van der Waals surface area (Å²) in [4.78, 5) is 9.94. The van der Waals surface area contributed by atoms with Crippen molar-refractivity contribution >= 4 is 17.6 Å². The van der Waals surface area contributed by atoms with Crippen molar-refractivity contribution in [2.24, 2.45) is 0 Å². The minimum Gasteiger partial charge on any atom is -0.542 e. The number of halogens is 27. The Labute approximate surface area is 268 Å². The van der Waals surface area contributed by atoms with E-state index in [9.17, 15) is 124 Å². The quantitative estimate of drug-likeness (QED) is 0.160. The summed E-state index contributed by atoms with van der Waals surface area (Å²) >= 11 is 3.35. The molecule has 282 valence electrons. The van der Waals surface area contributed by atoms with Crippen LogP contribution < -0.4 is 34.7 Å². The zero-order chi connectivity index (χ0) is 38.9. The molecule has 4 unspecified atom stereocenters. The van der Waals surface area contributed by atoms with Gasteiger partial charge in [-0.1, -0.05) is 0 Å². The molecule has 0 fully saturated rings. The van der Waals surface area contributed by atoms with Gasteiger partial charge in [0, 0.05) is 0 Å². The van der Waals surface area contributed by atoms with Crippen LogP contribution in [0.15, 0.2) is 0 Å². The molecule has 4 atom stereocenters. The third-order valence-corrected chi connectivity index (χ3v) is 4.50. The van der Waals surface area contributed by atoms with Crippen LogP contribution in [0.2, 0.25) is 0 Å². The van der Waals surface area contributed by atoms with Crippen LogP contribution in [-0.4, -0.2) is 83.9 Å². The van der Waals surface area contributed by atoms with Gasteiger partial charge in [-0.15, -0.1) is 0 Å². The van der Waals surface area contributed by atoms with E-state index in [1.54, 1.807) is 0 Å². The van der Waals surface area contributed by atoms with Crippen molar-refractivity contribution in [3.8, 4) is 0 Å². The molecule has 0 spiro atoms. The summed E-state index contributed by atoms with van der Waals surface area (Å²) in [6, 6.07) is 0. The van der Waals surface area contributed by atoms with Crippen molar-refractivity contribution < 1.29 is 173 Å². The Balaban J connectivity index is 0. The summed E-state index contributed by atoms with van der Waals surface area (Å²) < 4.78 is 349. The Hall–Kier alpha value is -1.22. The molecule has 0 saturated carbocycles. The van der Waals surface area contributed by atoms with Gasteiger partial charge in [0.25, 0.3) is 0 Å². The molecule has 0 saturated heterocycles. The maximum absolute atomic E-state index is 14.3. The predicted molar refractivity (Wildman–Crippen MR) is 79.5 cm³/mol. The minimum atomic E-state index is -9.09. The first kappa shape index (κ1) is 48.9. The predicted octanol–water partition coefficient (Wildman–Crippen LogP) is 3.92. The van der Waals surface area contributed by atoms with Crippen LogP contribution in [0, 0.1) is 0 Å². The largest absolute Gasteiger partial charge is 1.00 e. The first-order valence-corrected chi connectivity index (χ1v) is 9.77. The van der Waals surface area contributed by atoms with Gasteiger partial charge >= 0.3 is 107 Å². The van der Waals surface area contributed by atoms with E-state index in [2.05, 4.69) is 11.6 Å². The van der Waals surface area contributed by atoms with Gasteiger partial charge in [-0.05, 0) is 11.6 Å². The summed E-state index contributed by atoms with van der Waals surface area (Å²) in [7, 11) is 0. The molecular weight excluding hydrogens is 817 g/mol. The van der Waals surface area contributed by atoms with Crippen molar-refractivity contribution in [1.82, 2.24) is 0 Å². The molecule has 0 aromatic heterocycles. The van der Waals surface area contributed by atoms with Crippen LogP contribution in [0.25, 0.3) is 0 Å². The average Bonchev–Trinajstić information content (AvgIpc) is 2.73. The topological polar surface area (TPSA) is 77.1 Å². The number of rotatable bonds is 13. The Morgan fingerprint density at radius 2 is 0.583 bits per heavy atom. The molecule has 0 aliphatic carbocycles. The second kappa shape index (κ2) is 13.1. The van der Waals surface area contributed by atoms with E-state index >= 15 is 0 Å². The van der Waals surface area contributed by atoms with Gasteiger partial charge in [-0.25, -0.2) is 0 Å². The summed E-state index contributed by atoms with van der Waals surface area (Å²) in [5.74, 6) is -39.0. The van der Waals surface area contributed by atoms with Crippen molar-refractivity contribution in [3.63, 3.8) is 0 Å². The van der Waals surface area contributed by atoms with Gasteiger partial charge in [-0.3, -0.25) is 18.9 Å². The standard InChI is InChI=1S/C14HClF26O6.Na/c15-7(22,23)3(18,8(24,25)26)45-13(38,39)5(20,10(30,31)32)47-14(40,41)6(21,11(33,34)35)46-12(36,37)4(19,9(27,28)29)44-2(16,17)1(42)43;/h(H,42,43);/q;+1/p-1. The second-order valence-electron chi connectivity index (χ2n) is 7.63. The molecular formula is C14ClF26NaO6. The normalized spacial score (nSPS) is 20.1. The molecule has 0 aliphatic rings. The van der Waals surface area contributed by atoms with E-state index in [4.69, 9.17) is 0 Å². The van der Waals surface area contributed by atoms with E-state index in [1.165, 1.54) is 4.74 Å². The third kappa shape index (κ3) is 8.45. The first-order chi connectivity index (χ1) is 19.8. The SMILES string of the molecule is O=C([O-])C(F)(F)OC(F)(C(F)(F)F)C(F)(F)OC(F)(C(F)(F)F)C(F)(F)OC(F)(C(F)(F)F)C(F)(F)OC(F)(C(F)(F)F)C(F)(F)Cl.[Na+]. The molecule has 0 N–H and O–H groups in total. The van der Waals surface area contributed by atoms with Crippen molar-refractivity contribution in [3.05, 3.63) is 0 Å². The van der Waals surface area contributed by atoms with E-state index in [0.29, 0.717) is 0 Å². The Bertz CT molecular complexity index is 1130. The Morgan fingerprint density at radius 3 is 0.750 bits per heavy atom. The van der Waals surface area contributed by atoms with Crippen LogP contribution in [0.1, 0.15) is 0 Å². The molecule has 6 nitrogen and oxygen atoms in total. The number of carbonyl (C=O) groups is 1. The fourth-order valence-corrected chi connectivity index (χ4v) is 2.21. The van der Waals surface area contributed by atoms with E-state index < -0.39 is 83.9 Å². The fraction of sp³-hybridized carbons (Fsp3) is 0.929. The number of carbonyl (C=O) groups excluding carboxylic acids is 1. The summed E-state index contributed by atoms with van der Waals surface area (Å²) in [6.07, 6.45) is -67.5. The minimum absolute atomic E-state index is 0. The van der Waals surface area contributed by atoms with E-state index in [1.807, 2.05) is 0 Å². The summed E-state index contributed by atoms with van der Waals surface area (Å²) in [6.45, 7) is 0. The summed E-state index contributed by atoms with van der Waals surface area (Å²) in [5.41, 5.74) is 0. The van der Waals surface area contributed by atoms with Crippen molar-refractivity contribution in [2.75, 3.05) is 0 Å². The Kier molecular flexibility index (Phi) is 13.3. The van der Waals surface area contributed by atoms with Gasteiger partial charge in [-0.2, -0.15) is 114 Å². The number of aliphatic carboxylic acids is 1. The number of carboxylic acid groups (broad SMARTS) is 1. The van der Waals surface area contributed by atoms with Gasteiger partial charge in [0.15, 0.2) is 0 Å². The van der Waals surface area contributed by atoms with Crippen LogP contribution in [0.5, 0.6) is 0 Å². The van der Waals surface area contributed by atoms with Crippen LogP contribution in [-0.2, 0) is 23.7 Å². The number of hydrogen-bond donors (Lipinski definition) is 0. The van der Waals surface area contributed by atoms with Gasteiger partial charge in [0.2, 0.25) is 0 Å². The summed E-state index contributed by atoms with van der Waals surface area (Å²) in [5, 5.41) is 2.69.